The van der Waals surface area contributed by atoms with E-state index in [0.29, 0.717) is 50.4 Å². The summed E-state index contributed by atoms with van der Waals surface area (Å²) in [4.78, 5) is 23.5. The predicted octanol–water partition coefficient (Wildman–Crippen LogP) is 5.35. The van der Waals surface area contributed by atoms with Gasteiger partial charge in [0.05, 0.1) is 12.3 Å². The molecule has 1 saturated heterocycles. The third kappa shape index (κ3) is 6.55. The fourth-order valence-electron chi connectivity index (χ4n) is 3.29. The zero-order valence-electron chi connectivity index (χ0n) is 19.4. The fraction of sp³-hybridized carbons (Fsp3) is 0.500. The fourth-order valence-corrected chi connectivity index (χ4v) is 3.53. The second-order valence-corrected chi connectivity index (χ2v) is 8.95. The van der Waals surface area contributed by atoms with E-state index in [0.717, 1.165) is 5.69 Å². The van der Waals surface area contributed by atoms with Crippen molar-refractivity contribution in [2.75, 3.05) is 43.0 Å². The minimum absolute atomic E-state index is 0.0855. The molecule has 1 aromatic heterocycles. The quantitative estimate of drug-likeness (QED) is 0.553. The van der Waals surface area contributed by atoms with Crippen molar-refractivity contribution in [3.05, 3.63) is 35.1 Å². The van der Waals surface area contributed by atoms with Crippen LogP contribution in [0.4, 0.5) is 35.3 Å². The van der Waals surface area contributed by atoms with Gasteiger partial charge in [-0.3, -0.25) is 0 Å². The molecule has 1 N–H and O–H groups in total. The van der Waals surface area contributed by atoms with Gasteiger partial charge in [-0.25, -0.2) is 14.8 Å². The maximum absolute atomic E-state index is 12.9. The van der Waals surface area contributed by atoms with Gasteiger partial charge in [0.2, 0.25) is 5.95 Å². The molecule has 0 bridgehead atoms. The summed E-state index contributed by atoms with van der Waals surface area (Å²) < 4.78 is 49.8. The first-order valence-corrected chi connectivity index (χ1v) is 11.1. The number of carbonyl (C=O) groups excluding carboxylic acids is 1. The van der Waals surface area contributed by atoms with Gasteiger partial charge in [0.1, 0.15) is 22.1 Å². The number of ether oxygens (including phenoxy) is 2. The Labute approximate surface area is 201 Å². The monoisotopic (exact) mass is 501 g/mol. The third-order valence-electron chi connectivity index (χ3n) is 4.86. The van der Waals surface area contributed by atoms with E-state index >= 15 is 0 Å². The average molecular weight is 502 g/mol. The van der Waals surface area contributed by atoms with Crippen molar-refractivity contribution in [1.29, 1.82) is 0 Å². The van der Waals surface area contributed by atoms with Gasteiger partial charge in [0.25, 0.3) is 0 Å². The molecule has 1 amide bonds. The van der Waals surface area contributed by atoms with Crippen molar-refractivity contribution < 1.29 is 27.4 Å². The Balaban J connectivity index is 1.71. The average Bonchev–Trinajstić information content (AvgIpc) is 2.73. The molecule has 3 rings (SSSR count). The molecule has 2 heterocycles. The number of nitrogens with zero attached hydrogens (tertiary/aromatic N) is 4. The summed E-state index contributed by atoms with van der Waals surface area (Å²) in [6, 6.07) is 5.40. The van der Waals surface area contributed by atoms with E-state index in [4.69, 9.17) is 21.1 Å². The van der Waals surface area contributed by atoms with Gasteiger partial charge in [-0.2, -0.15) is 13.2 Å². The van der Waals surface area contributed by atoms with Crippen LogP contribution in [0.5, 0.6) is 5.75 Å². The summed E-state index contributed by atoms with van der Waals surface area (Å²) in [5, 5.41) is 2.17. The molecule has 1 aromatic carbocycles. The van der Waals surface area contributed by atoms with Crippen molar-refractivity contribution in [2.24, 2.45) is 0 Å². The van der Waals surface area contributed by atoms with Gasteiger partial charge in [-0.15, -0.1) is 0 Å². The molecule has 34 heavy (non-hydrogen) atoms. The van der Waals surface area contributed by atoms with Crippen LogP contribution in [0.1, 0.15) is 33.3 Å². The van der Waals surface area contributed by atoms with Gasteiger partial charge in [0.15, 0.2) is 0 Å². The highest BCUT2D eigenvalue weighted by Crippen LogP contribution is 2.35. The third-order valence-corrected chi connectivity index (χ3v) is 5.14. The first-order valence-electron chi connectivity index (χ1n) is 10.7. The van der Waals surface area contributed by atoms with Crippen LogP contribution in [0, 0.1) is 0 Å². The first kappa shape index (κ1) is 25.7. The number of piperazine rings is 1. The van der Waals surface area contributed by atoms with E-state index in [9.17, 15) is 18.0 Å². The van der Waals surface area contributed by atoms with Crippen LogP contribution in [-0.2, 0) is 10.9 Å². The summed E-state index contributed by atoms with van der Waals surface area (Å²) in [7, 11) is 0. The number of amides is 1. The lowest BCUT2D eigenvalue weighted by Gasteiger charge is -2.37. The Morgan fingerprint density at radius 1 is 1.18 bits per heavy atom. The SMILES string of the molecule is CCOc1cc(N2CCN(C(=O)OC(C)(C)C)CC2)ccc1Nc1ncc(C(F)(F)F)c(Cl)n1. The minimum Gasteiger partial charge on any atom is -0.492 e. The molecular weight excluding hydrogens is 475 g/mol. The van der Waals surface area contributed by atoms with Gasteiger partial charge in [-0.05, 0) is 39.8 Å². The molecule has 2 aromatic rings. The molecule has 1 aliphatic heterocycles. The maximum Gasteiger partial charge on any atom is 0.420 e. The van der Waals surface area contributed by atoms with Gasteiger partial charge in [0, 0.05) is 44.1 Å². The van der Waals surface area contributed by atoms with Crippen LogP contribution in [0.3, 0.4) is 0 Å². The van der Waals surface area contributed by atoms with Gasteiger partial charge < -0.3 is 24.6 Å². The van der Waals surface area contributed by atoms with Crippen molar-refractivity contribution in [3.63, 3.8) is 0 Å². The Morgan fingerprint density at radius 3 is 2.41 bits per heavy atom. The molecule has 8 nitrogen and oxygen atoms in total. The molecule has 1 fully saturated rings. The number of nitrogens with one attached hydrogen (secondary N) is 1. The van der Waals surface area contributed by atoms with E-state index in [1.165, 1.54) is 0 Å². The normalized spacial score (nSPS) is 14.7. The molecule has 0 atom stereocenters. The topological polar surface area (TPSA) is 79.8 Å². The van der Waals surface area contributed by atoms with Crippen LogP contribution < -0.4 is 15.0 Å². The Hall–Kier alpha value is -2.95. The van der Waals surface area contributed by atoms with E-state index in [-0.39, 0.29) is 12.0 Å². The number of hydrogen-bond acceptors (Lipinski definition) is 7. The lowest BCUT2D eigenvalue weighted by molar-refractivity contribution is -0.137. The van der Waals surface area contributed by atoms with E-state index in [1.807, 2.05) is 39.8 Å². The highest BCUT2D eigenvalue weighted by molar-refractivity contribution is 6.30. The smallest absolute Gasteiger partial charge is 0.420 e. The standard InChI is InChI=1S/C22H27ClF3N5O3/c1-5-33-17-12-14(30-8-10-31(11-9-30)20(32)34-21(2,3)4)6-7-16(17)28-19-27-13-15(18(23)29-19)22(24,25)26/h6-7,12-13H,5,8-11H2,1-4H3,(H,27,28,29). The molecular formula is C22H27ClF3N5O3. The van der Waals surface area contributed by atoms with Crippen LogP contribution in [0.15, 0.2) is 24.4 Å². The van der Waals surface area contributed by atoms with Crippen molar-refractivity contribution in [1.82, 2.24) is 14.9 Å². The Bertz CT molecular complexity index is 1020. The summed E-state index contributed by atoms with van der Waals surface area (Å²) in [5.74, 6) is 0.395. The van der Waals surface area contributed by atoms with Crippen LogP contribution in [0.25, 0.3) is 0 Å². The van der Waals surface area contributed by atoms with Crippen LogP contribution in [-0.4, -0.2) is 59.3 Å². The molecule has 0 radical (unpaired) electrons. The second-order valence-electron chi connectivity index (χ2n) is 8.59. The van der Waals surface area contributed by atoms with Crippen LogP contribution in [0.2, 0.25) is 5.15 Å². The maximum atomic E-state index is 12.9. The van der Waals surface area contributed by atoms with Crippen molar-refractivity contribution in [3.8, 4) is 5.75 Å². The highest BCUT2D eigenvalue weighted by atomic mass is 35.5. The molecule has 186 valence electrons. The van der Waals surface area contributed by atoms with Gasteiger partial charge >= 0.3 is 12.3 Å². The number of anilines is 3. The minimum atomic E-state index is -4.64. The van der Waals surface area contributed by atoms with E-state index < -0.39 is 22.5 Å². The van der Waals surface area contributed by atoms with E-state index in [1.54, 1.807) is 11.0 Å². The number of rotatable bonds is 5. The number of halogens is 4. The Morgan fingerprint density at radius 2 is 1.85 bits per heavy atom. The summed E-state index contributed by atoms with van der Waals surface area (Å²) >= 11 is 5.69. The molecule has 1 aliphatic rings. The number of carbonyl (C=O) groups is 1. The number of alkyl halides is 3. The number of aromatic nitrogens is 2. The van der Waals surface area contributed by atoms with Crippen LogP contribution >= 0.6 is 11.6 Å². The second kappa shape index (κ2) is 10.1. The largest absolute Gasteiger partial charge is 0.492 e. The zero-order valence-corrected chi connectivity index (χ0v) is 20.1. The molecule has 0 aliphatic carbocycles. The first-order chi connectivity index (χ1) is 15.9. The molecule has 0 saturated carbocycles. The number of benzene rings is 1. The van der Waals surface area contributed by atoms with Crippen molar-refractivity contribution >= 4 is 35.0 Å². The lowest BCUT2D eigenvalue weighted by Crippen LogP contribution is -2.50. The Kier molecular flexibility index (Phi) is 7.64. The highest BCUT2D eigenvalue weighted by Gasteiger charge is 2.34. The lowest BCUT2D eigenvalue weighted by atomic mass is 10.2. The number of hydrogen-bond donors (Lipinski definition) is 1. The summed E-state index contributed by atoms with van der Waals surface area (Å²) in [6.07, 6.45) is -4.34. The summed E-state index contributed by atoms with van der Waals surface area (Å²) in [5.41, 5.74) is -0.298. The molecule has 0 spiro atoms. The zero-order chi connectivity index (χ0) is 25.1. The van der Waals surface area contributed by atoms with Crippen molar-refractivity contribution in [2.45, 2.75) is 39.5 Å². The molecule has 12 heteroatoms. The van der Waals surface area contributed by atoms with Gasteiger partial charge in [-0.1, -0.05) is 11.6 Å². The predicted molar refractivity (Wildman–Crippen MR) is 123 cm³/mol. The summed E-state index contributed by atoms with van der Waals surface area (Å²) in [6.45, 7) is 9.92. The van der Waals surface area contributed by atoms with E-state index in [2.05, 4.69) is 20.2 Å². The molecule has 0 unspecified atom stereocenters.